The van der Waals surface area contributed by atoms with Crippen molar-refractivity contribution in [1.29, 1.82) is 0 Å². The number of carbonyl (C=O) groups excluding carboxylic acids is 1. The molecular weight excluding hydrogens is 486 g/mol. The van der Waals surface area contributed by atoms with Crippen LogP contribution in [0.4, 0.5) is 0 Å². The van der Waals surface area contributed by atoms with Crippen LogP contribution in [-0.2, 0) is 11.2 Å². The molecule has 1 amide bonds. The zero-order valence-electron chi connectivity index (χ0n) is 26.5. The molecule has 0 unspecified atom stereocenters. The average Bonchev–Trinajstić information content (AvgIpc) is 3.01. The minimum atomic E-state index is 0.0442. The Morgan fingerprint density at radius 3 is 1.98 bits per heavy atom. The van der Waals surface area contributed by atoms with Crippen LogP contribution in [0.25, 0.3) is 0 Å². The summed E-state index contributed by atoms with van der Waals surface area (Å²) in [7, 11) is 1.89. The molecule has 224 valence electrons. The molecule has 0 spiro atoms. The molecule has 1 aromatic carbocycles. The first kappa shape index (κ1) is 31.4. The Labute approximate surface area is 247 Å². The molecule has 0 saturated heterocycles. The van der Waals surface area contributed by atoms with Crippen molar-refractivity contribution >= 4 is 5.91 Å². The summed E-state index contributed by atoms with van der Waals surface area (Å²) in [5, 5.41) is 0. The number of hydrogen-bond acceptors (Lipinski definition) is 1. The fraction of sp³-hybridized carbons (Fsp3) is 0.763. The highest BCUT2D eigenvalue weighted by Gasteiger charge is 2.31. The first-order valence-electron chi connectivity index (χ1n) is 17.5. The van der Waals surface area contributed by atoms with E-state index < -0.39 is 0 Å². The molecule has 3 aliphatic carbocycles. The first-order chi connectivity index (χ1) is 19.5. The SMILES string of the molecule is C=CC(=O)N(C)CCCC1CCC(c2ccc(C3CCC(C4CCC(CCCCC)CC4)CC3)cc2CC)CC1. The van der Waals surface area contributed by atoms with Crippen LogP contribution in [-0.4, -0.2) is 24.4 Å². The molecule has 0 atom stereocenters. The molecule has 3 saturated carbocycles. The van der Waals surface area contributed by atoms with Gasteiger partial charge in [-0.3, -0.25) is 4.79 Å². The molecule has 0 aliphatic heterocycles. The van der Waals surface area contributed by atoms with Crippen molar-refractivity contribution < 1.29 is 4.79 Å². The van der Waals surface area contributed by atoms with E-state index in [4.69, 9.17) is 0 Å². The van der Waals surface area contributed by atoms with Crippen LogP contribution in [0, 0.1) is 23.7 Å². The van der Waals surface area contributed by atoms with E-state index >= 15 is 0 Å². The number of aryl methyl sites for hydroxylation is 1. The van der Waals surface area contributed by atoms with Crippen molar-refractivity contribution in [3.05, 3.63) is 47.5 Å². The van der Waals surface area contributed by atoms with Gasteiger partial charge in [0, 0.05) is 13.6 Å². The van der Waals surface area contributed by atoms with Crippen molar-refractivity contribution in [3.8, 4) is 0 Å². The van der Waals surface area contributed by atoms with Gasteiger partial charge in [-0.2, -0.15) is 0 Å². The summed E-state index contributed by atoms with van der Waals surface area (Å²) in [5.41, 5.74) is 4.94. The van der Waals surface area contributed by atoms with Gasteiger partial charge in [0.2, 0.25) is 5.91 Å². The van der Waals surface area contributed by atoms with Crippen LogP contribution in [0.3, 0.4) is 0 Å². The van der Waals surface area contributed by atoms with Gasteiger partial charge in [-0.1, -0.05) is 77.2 Å². The number of amides is 1. The molecule has 40 heavy (non-hydrogen) atoms. The minimum Gasteiger partial charge on any atom is -0.342 e. The fourth-order valence-corrected chi connectivity index (χ4v) is 8.78. The van der Waals surface area contributed by atoms with Gasteiger partial charge in [0.1, 0.15) is 0 Å². The minimum absolute atomic E-state index is 0.0442. The molecule has 1 aromatic rings. The quantitative estimate of drug-likeness (QED) is 0.178. The van der Waals surface area contributed by atoms with Crippen LogP contribution in [0.5, 0.6) is 0 Å². The van der Waals surface area contributed by atoms with E-state index in [1.165, 1.54) is 122 Å². The second kappa shape index (κ2) is 16.2. The fourth-order valence-electron chi connectivity index (χ4n) is 8.78. The maximum Gasteiger partial charge on any atom is 0.245 e. The largest absolute Gasteiger partial charge is 0.342 e. The molecule has 0 bridgehead atoms. The van der Waals surface area contributed by atoms with Crippen molar-refractivity contribution in [3.63, 3.8) is 0 Å². The Bertz CT molecular complexity index is 896. The molecule has 0 radical (unpaired) electrons. The first-order valence-corrected chi connectivity index (χ1v) is 17.5. The Morgan fingerprint density at radius 2 is 1.38 bits per heavy atom. The van der Waals surface area contributed by atoms with Crippen molar-refractivity contribution in [2.45, 2.75) is 148 Å². The Morgan fingerprint density at radius 1 is 0.800 bits per heavy atom. The molecule has 2 nitrogen and oxygen atoms in total. The number of carbonyl (C=O) groups is 1. The summed E-state index contributed by atoms with van der Waals surface area (Å²) in [5.74, 6) is 5.50. The number of benzene rings is 1. The van der Waals surface area contributed by atoms with Crippen LogP contribution in [0.1, 0.15) is 158 Å². The summed E-state index contributed by atoms with van der Waals surface area (Å²) < 4.78 is 0. The maximum absolute atomic E-state index is 11.7. The molecule has 0 aromatic heterocycles. The second-order valence-corrected chi connectivity index (χ2v) is 14.0. The third-order valence-corrected chi connectivity index (χ3v) is 11.5. The van der Waals surface area contributed by atoms with Gasteiger partial charge in [0.25, 0.3) is 0 Å². The van der Waals surface area contributed by atoms with E-state index in [9.17, 15) is 4.79 Å². The molecule has 3 aliphatic rings. The Kier molecular flexibility index (Phi) is 12.7. The van der Waals surface area contributed by atoms with Gasteiger partial charge in [-0.05, 0) is 142 Å². The smallest absolute Gasteiger partial charge is 0.245 e. The predicted octanol–water partition coefficient (Wildman–Crippen LogP) is 10.6. The summed E-state index contributed by atoms with van der Waals surface area (Å²) in [4.78, 5) is 13.5. The predicted molar refractivity (Wildman–Crippen MR) is 172 cm³/mol. The highest BCUT2D eigenvalue weighted by atomic mass is 16.2. The Hall–Kier alpha value is -1.57. The van der Waals surface area contributed by atoms with Crippen molar-refractivity contribution in [2.75, 3.05) is 13.6 Å². The highest BCUT2D eigenvalue weighted by Crippen LogP contribution is 2.45. The molecule has 0 N–H and O–H groups in total. The zero-order chi connectivity index (χ0) is 28.3. The second-order valence-electron chi connectivity index (χ2n) is 14.0. The molecular formula is C38H61NO. The maximum atomic E-state index is 11.7. The van der Waals surface area contributed by atoms with Gasteiger partial charge in [-0.25, -0.2) is 0 Å². The average molecular weight is 548 g/mol. The number of likely N-dealkylation sites (N-methyl/N-ethyl adjacent to an activating group) is 1. The summed E-state index contributed by atoms with van der Waals surface area (Å²) in [6.07, 6.45) is 28.0. The van der Waals surface area contributed by atoms with E-state index in [0.29, 0.717) is 0 Å². The third kappa shape index (κ3) is 8.72. The van der Waals surface area contributed by atoms with Gasteiger partial charge in [0.05, 0.1) is 0 Å². The monoisotopic (exact) mass is 547 g/mol. The lowest BCUT2D eigenvalue weighted by Crippen LogP contribution is -2.26. The summed E-state index contributed by atoms with van der Waals surface area (Å²) in [6, 6.07) is 7.70. The lowest BCUT2D eigenvalue weighted by molar-refractivity contribution is -0.124. The van der Waals surface area contributed by atoms with Gasteiger partial charge in [0.15, 0.2) is 0 Å². The zero-order valence-corrected chi connectivity index (χ0v) is 26.5. The van der Waals surface area contributed by atoms with E-state index in [0.717, 1.165) is 48.5 Å². The molecule has 0 heterocycles. The lowest BCUT2D eigenvalue weighted by Gasteiger charge is -2.38. The molecule has 4 rings (SSSR count). The number of rotatable bonds is 13. The van der Waals surface area contributed by atoms with Crippen LogP contribution < -0.4 is 0 Å². The van der Waals surface area contributed by atoms with E-state index in [2.05, 4.69) is 38.6 Å². The highest BCUT2D eigenvalue weighted by molar-refractivity contribution is 5.86. The van der Waals surface area contributed by atoms with Gasteiger partial charge >= 0.3 is 0 Å². The Balaban J connectivity index is 1.21. The van der Waals surface area contributed by atoms with E-state index in [1.54, 1.807) is 21.6 Å². The van der Waals surface area contributed by atoms with E-state index in [-0.39, 0.29) is 5.91 Å². The molecule has 2 heteroatoms. The van der Waals surface area contributed by atoms with Crippen molar-refractivity contribution in [1.82, 2.24) is 4.90 Å². The van der Waals surface area contributed by atoms with Crippen LogP contribution in [0.15, 0.2) is 30.9 Å². The van der Waals surface area contributed by atoms with Crippen molar-refractivity contribution in [2.24, 2.45) is 23.7 Å². The van der Waals surface area contributed by atoms with E-state index in [1.807, 2.05) is 7.05 Å². The standard InChI is InChI=1S/C38H61NO/c1-5-8-9-11-29-13-17-32(18-14-29)33-21-23-34(24-22-33)36-25-26-37(31(6-2)28-36)35-19-15-30(16-20-35)12-10-27-39(4)38(40)7-3/h7,25-26,28-30,32-35H,3,5-6,8-24,27H2,1-2,4H3. The normalized spacial score (nSPS) is 29.2. The van der Waals surface area contributed by atoms with Gasteiger partial charge in [-0.15, -0.1) is 0 Å². The summed E-state index contributed by atoms with van der Waals surface area (Å²) in [6.45, 7) is 9.15. The summed E-state index contributed by atoms with van der Waals surface area (Å²) >= 11 is 0. The lowest BCUT2D eigenvalue weighted by atomic mass is 9.67. The molecule has 3 fully saturated rings. The topological polar surface area (TPSA) is 20.3 Å². The number of unbranched alkanes of at least 4 members (excludes halogenated alkanes) is 2. The number of nitrogens with zero attached hydrogens (tertiary/aromatic N) is 1. The van der Waals surface area contributed by atoms with Crippen LogP contribution >= 0.6 is 0 Å². The van der Waals surface area contributed by atoms with Gasteiger partial charge < -0.3 is 4.90 Å². The van der Waals surface area contributed by atoms with Crippen LogP contribution in [0.2, 0.25) is 0 Å². The third-order valence-electron chi connectivity index (χ3n) is 11.5. The number of hydrogen-bond donors (Lipinski definition) is 0.